The lowest BCUT2D eigenvalue weighted by Gasteiger charge is -2.26. The predicted octanol–water partition coefficient (Wildman–Crippen LogP) is 4.66. The van der Waals surface area contributed by atoms with Crippen LogP contribution in [0.2, 0.25) is 0 Å². The van der Waals surface area contributed by atoms with Gasteiger partial charge in [-0.2, -0.15) is 13.2 Å². The third-order valence-electron chi connectivity index (χ3n) is 5.65. The Morgan fingerprint density at radius 2 is 1.91 bits per heavy atom. The molecule has 2 aliphatic rings. The lowest BCUT2D eigenvalue weighted by Crippen LogP contribution is -2.43. The van der Waals surface area contributed by atoms with E-state index in [1.54, 1.807) is 49.2 Å². The summed E-state index contributed by atoms with van der Waals surface area (Å²) in [6.45, 7) is 0.840. The number of pyridine rings is 1. The molecule has 3 N–H and O–H groups in total. The molecule has 5 rings (SSSR count). The maximum absolute atomic E-state index is 13.8. The van der Waals surface area contributed by atoms with Gasteiger partial charge in [0.25, 0.3) is 5.56 Å². The van der Waals surface area contributed by atoms with Crippen LogP contribution in [0.15, 0.2) is 63.2 Å². The van der Waals surface area contributed by atoms with Crippen LogP contribution in [-0.2, 0) is 0 Å². The van der Waals surface area contributed by atoms with Crippen molar-refractivity contribution in [3.8, 4) is 22.6 Å². The second-order valence-electron chi connectivity index (χ2n) is 8.14. The van der Waals surface area contributed by atoms with Crippen LogP contribution >= 0.6 is 11.8 Å². The summed E-state index contributed by atoms with van der Waals surface area (Å²) in [6, 6.07) is 14.4. The molecule has 2 aliphatic heterocycles. The summed E-state index contributed by atoms with van der Waals surface area (Å²) >= 11 is 1.67. The lowest BCUT2D eigenvalue weighted by atomic mass is 10.0. The zero-order valence-electron chi connectivity index (χ0n) is 18.8. The molecule has 0 spiro atoms. The summed E-state index contributed by atoms with van der Waals surface area (Å²) in [7, 11) is 1.54. The number of ether oxygens (including phenoxy) is 1. The quantitative estimate of drug-likeness (QED) is 0.472. The molecule has 2 unspecified atom stereocenters. The van der Waals surface area contributed by atoms with Crippen molar-refractivity contribution in [2.75, 3.05) is 24.3 Å². The Bertz CT molecular complexity index is 1350. The van der Waals surface area contributed by atoms with E-state index in [9.17, 15) is 18.0 Å². The average molecular weight is 502 g/mol. The summed E-state index contributed by atoms with van der Waals surface area (Å²) in [5, 5.41) is 8.86. The summed E-state index contributed by atoms with van der Waals surface area (Å²) in [4.78, 5) is 19.0. The van der Waals surface area contributed by atoms with Gasteiger partial charge in [0.15, 0.2) is 6.29 Å². The molecule has 3 aromatic rings. The van der Waals surface area contributed by atoms with Gasteiger partial charge >= 0.3 is 6.18 Å². The molecule has 0 radical (unpaired) electrons. The van der Waals surface area contributed by atoms with E-state index in [0.717, 1.165) is 16.1 Å². The van der Waals surface area contributed by atoms with Crippen LogP contribution < -0.4 is 26.2 Å². The molecular weight excluding hydrogens is 479 g/mol. The van der Waals surface area contributed by atoms with E-state index in [-0.39, 0.29) is 10.9 Å². The third kappa shape index (κ3) is 4.73. The summed E-state index contributed by atoms with van der Waals surface area (Å²) in [5.74, 6) is 0.966. The largest absolute Gasteiger partial charge is 0.497 e. The highest BCUT2D eigenvalue weighted by atomic mass is 32.2. The van der Waals surface area contributed by atoms with Crippen molar-refractivity contribution in [3.05, 3.63) is 64.4 Å². The third-order valence-corrected chi connectivity index (χ3v) is 6.71. The molecule has 7 nitrogen and oxygen atoms in total. The molecule has 11 heteroatoms. The fourth-order valence-electron chi connectivity index (χ4n) is 4.05. The number of aromatic nitrogens is 1. The summed E-state index contributed by atoms with van der Waals surface area (Å²) in [6.07, 6.45) is -3.95. The minimum absolute atomic E-state index is 0.234. The van der Waals surface area contributed by atoms with Gasteiger partial charge in [-0.1, -0.05) is 17.8 Å². The monoisotopic (exact) mass is 501 g/mol. The highest BCUT2D eigenvalue weighted by Crippen LogP contribution is 2.40. The molecule has 3 heterocycles. The van der Waals surface area contributed by atoms with Crippen LogP contribution in [0.4, 0.5) is 24.7 Å². The van der Waals surface area contributed by atoms with E-state index < -0.39 is 19.0 Å². The molecular formula is C24H22F3N5O2S. The molecule has 35 heavy (non-hydrogen) atoms. The standard InChI is InChI=1S/C24H22F3N5O2S/c1-13-30-19-8-3-14(10-20(19)35-13)18-9-15-11-28-23(29-12-24(25,26)27)31-21(15)32(22(18)33)16-4-6-17(34-2)7-5-16/h3-11,13,23,29-31H,12H2,1-2H3. The molecule has 0 saturated carbocycles. The SMILES string of the molecule is COc1ccc(-n2c3c(cc(-c4ccc5c(c4)SC(C)N5)c2=O)C=NC(NCC(F)(F)F)N3)cc1. The molecule has 182 valence electrons. The number of fused-ring (bicyclic) bond motifs is 2. The van der Waals surface area contributed by atoms with Crippen molar-refractivity contribution in [1.82, 2.24) is 9.88 Å². The Labute approximate surface area is 203 Å². The maximum Gasteiger partial charge on any atom is 0.401 e. The predicted molar refractivity (Wildman–Crippen MR) is 132 cm³/mol. The smallest absolute Gasteiger partial charge is 0.401 e. The van der Waals surface area contributed by atoms with E-state index in [0.29, 0.717) is 28.4 Å². The molecule has 0 fully saturated rings. The van der Waals surface area contributed by atoms with Gasteiger partial charge in [0, 0.05) is 27.9 Å². The first-order valence-electron chi connectivity index (χ1n) is 10.8. The minimum Gasteiger partial charge on any atom is -0.497 e. The van der Waals surface area contributed by atoms with Gasteiger partial charge in [-0.25, -0.2) is 0 Å². The Morgan fingerprint density at radius 1 is 1.14 bits per heavy atom. The fraction of sp³-hybridized carbons (Fsp3) is 0.250. The van der Waals surface area contributed by atoms with Crippen molar-refractivity contribution >= 4 is 29.5 Å². The van der Waals surface area contributed by atoms with Crippen molar-refractivity contribution in [1.29, 1.82) is 0 Å². The number of thioether (sulfide) groups is 1. The topological polar surface area (TPSA) is 79.7 Å². The van der Waals surface area contributed by atoms with Crippen LogP contribution in [0.5, 0.6) is 5.75 Å². The number of nitrogens with zero attached hydrogens (tertiary/aromatic N) is 2. The second-order valence-corrected chi connectivity index (χ2v) is 9.52. The van der Waals surface area contributed by atoms with Crippen LogP contribution in [-0.4, -0.2) is 42.3 Å². The van der Waals surface area contributed by atoms with Crippen molar-refractivity contribution in [2.45, 2.75) is 29.7 Å². The van der Waals surface area contributed by atoms with E-state index in [1.807, 2.05) is 18.2 Å². The molecule has 0 amide bonds. The van der Waals surface area contributed by atoms with E-state index in [1.165, 1.54) is 10.8 Å². The fourth-order valence-corrected chi connectivity index (χ4v) is 5.07. The van der Waals surface area contributed by atoms with E-state index in [4.69, 9.17) is 4.74 Å². The first kappa shape index (κ1) is 23.3. The zero-order valence-corrected chi connectivity index (χ0v) is 19.6. The molecule has 0 saturated heterocycles. The van der Waals surface area contributed by atoms with Gasteiger partial charge in [0.1, 0.15) is 11.6 Å². The van der Waals surface area contributed by atoms with Crippen molar-refractivity contribution in [2.24, 2.45) is 4.99 Å². The number of nitrogens with one attached hydrogen (secondary N) is 3. The number of rotatable bonds is 5. The van der Waals surface area contributed by atoms with E-state index >= 15 is 0 Å². The molecule has 1 aromatic heterocycles. The first-order valence-corrected chi connectivity index (χ1v) is 11.7. The number of hydrogen-bond donors (Lipinski definition) is 3. The Balaban J connectivity index is 1.62. The normalized spacial score (nSPS) is 18.4. The van der Waals surface area contributed by atoms with Crippen LogP contribution in [0.1, 0.15) is 12.5 Å². The van der Waals surface area contributed by atoms with Gasteiger partial charge in [0.05, 0.1) is 24.7 Å². The number of halogens is 3. The molecule has 2 atom stereocenters. The number of alkyl halides is 3. The van der Waals surface area contributed by atoms with Crippen molar-refractivity contribution in [3.63, 3.8) is 0 Å². The maximum atomic E-state index is 13.8. The highest BCUT2D eigenvalue weighted by molar-refractivity contribution is 8.00. The molecule has 0 aliphatic carbocycles. The number of benzene rings is 2. The van der Waals surface area contributed by atoms with E-state index in [2.05, 4.69) is 27.9 Å². The van der Waals surface area contributed by atoms with Crippen LogP contribution in [0.25, 0.3) is 16.8 Å². The van der Waals surface area contributed by atoms with Gasteiger partial charge in [-0.05, 0) is 55.0 Å². The van der Waals surface area contributed by atoms with Crippen LogP contribution in [0, 0.1) is 0 Å². The molecule has 2 aromatic carbocycles. The number of hydrogen-bond acceptors (Lipinski definition) is 7. The zero-order chi connectivity index (χ0) is 24.7. The highest BCUT2D eigenvalue weighted by Gasteiger charge is 2.29. The van der Waals surface area contributed by atoms with Gasteiger partial charge in [-0.3, -0.25) is 19.7 Å². The lowest BCUT2D eigenvalue weighted by molar-refractivity contribution is -0.125. The molecule has 0 bridgehead atoms. The van der Waals surface area contributed by atoms with Crippen LogP contribution in [0.3, 0.4) is 0 Å². The average Bonchev–Trinajstić information content (AvgIpc) is 3.21. The van der Waals surface area contributed by atoms with Gasteiger partial charge < -0.3 is 15.4 Å². The first-order chi connectivity index (χ1) is 16.7. The Hall–Kier alpha value is -3.44. The number of aliphatic imine (C=N–C) groups is 1. The number of anilines is 2. The summed E-state index contributed by atoms with van der Waals surface area (Å²) in [5.41, 5.74) is 3.03. The van der Waals surface area contributed by atoms with Gasteiger partial charge in [-0.15, -0.1) is 0 Å². The minimum atomic E-state index is -4.39. The van der Waals surface area contributed by atoms with Crippen molar-refractivity contribution < 1.29 is 17.9 Å². The summed E-state index contributed by atoms with van der Waals surface area (Å²) < 4.78 is 44.9. The Morgan fingerprint density at radius 3 is 2.63 bits per heavy atom. The number of methoxy groups -OCH3 is 1. The van der Waals surface area contributed by atoms with Gasteiger partial charge in [0.2, 0.25) is 0 Å². The Kier molecular flexibility index (Phi) is 5.97. The second kappa shape index (κ2) is 8.97.